The summed E-state index contributed by atoms with van der Waals surface area (Å²) in [7, 11) is 0. The first kappa shape index (κ1) is 21.8. The second-order valence-electron chi connectivity index (χ2n) is 8.77. The maximum Gasteiger partial charge on any atom is 0.0678 e. The zero-order valence-corrected chi connectivity index (χ0v) is 21.9. The van der Waals surface area contributed by atoms with Crippen LogP contribution in [0.15, 0.2) is 82.3 Å². The summed E-state index contributed by atoms with van der Waals surface area (Å²) in [6.07, 6.45) is 12.5. The lowest BCUT2D eigenvalue weighted by atomic mass is 10.2. The molecule has 4 nitrogen and oxygen atoms in total. The van der Waals surface area contributed by atoms with Crippen molar-refractivity contribution in [3.63, 3.8) is 0 Å². The van der Waals surface area contributed by atoms with Crippen LogP contribution in [-0.4, -0.2) is 19.1 Å². The molecule has 6 rings (SSSR count). The van der Waals surface area contributed by atoms with Gasteiger partial charge in [-0.3, -0.25) is 9.97 Å². The Hall–Kier alpha value is -2.70. The molecule has 0 unspecified atom stereocenters. The van der Waals surface area contributed by atoms with E-state index in [2.05, 4.69) is 99.5 Å². The van der Waals surface area contributed by atoms with Crippen molar-refractivity contribution in [1.29, 1.82) is 0 Å². The van der Waals surface area contributed by atoms with Gasteiger partial charge in [-0.05, 0) is 59.1 Å². The third-order valence-electron chi connectivity index (χ3n) is 6.79. The molecule has 0 bridgehead atoms. The summed E-state index contributed by atoms with van der Waals surface area (Å²) in [6, 6.07) is 17.1. The second-order valence-corrected chi connectivity index (χ2v) is 10.5. The number of rotatable bonds is 7. The van der Waals surface area contributed by atoms with E-state index in [0.29, 0.717) is 0 Å². The number of benzene rings is 2. The number of halogens is 2. The fourth-order valence-corrected chi connectivity index (χ4v) is 6.42. The highest BCUT2D eigenvalue weighted by Crippen LogP contribution is 2.35. The lowest BCUT2D eigenvalue weighted by molar-refractivity contribution is 0.559. The predicted molar refractivity (Wildman–Crippen MR) is 148 cm³/mol. The van der Waals surface area contributed by atoms with Gasteiger partial charge in [0.25, 0.3) is 0 Å². The number of para-hydroxylation sites is 1. The van der Waals surface area contributed by atoms with E-state index < -0.39 is 0 Å². The molecule has 170 valence electrons. The Morgan fingerprint density at radius 1 is 0.588 bits per heavy atom. The Morgan fingerprint density at radius 3 is 2.03 bits per heavy atom. The van der Waals surface area contributed by atoms with E-state index in [4.69, 9.17) is 0 Å². The zero-order chi connectivity index (χ0) is 23.1. The van der Waals surface area contributed by atoms with E-state index in [9.17, 15) is 0 Å². The van der Waals surface area contributed by atoms with Crippen molar-refractivity contribution in [2.75, 3.05) is 0 Å². The van der Waals surface area contributed by atoms with Gasteiger partial charge >= 0.3 is 0 Å². The van der Waals surface area contributed by atoms with Crippen LogP contribution in [0.2, 0.25) is 0 Å². The fourth-order valence-electron chi connectivity index (χ4n) is 5.27. The normalized spacial score (nSPS) is 11.9. The van der Waals surface area contributed by atoms with E-state index in [1.807, 2.05) is 24.8 Å². The Morgan fingerprint density at radius 2 is 1.24 bits per heavy atom. The summed E-state index contributed by atoms with van der Waals surface area (Å²) < 4.78 is 7.15. The standard InChI is InChI=1S/C28H24Br2N4/c29-22-8-6-10-24-27(22)21-12-14-32-18-26(21)33(24)15-3-1-2-4-16-34-25-17-31-13-11-19(25)20-7-5-9-23(30)28(20)34/h5-14,17-18H,1-4,15-16H2. The molecule has 0 saturated heterocycles. The average Bonchev–Trinajstić information content (AvgIpc) is 3.36. The number of aromatic nitrogens is 4. The molecule has 2 aromatic carbocycles. The number of aryl methyl sites for hydroxylation is 2. The van der Waals surface area contributed by atoms with Crippen LogP contribution in [0.5, 0.6) is 0 Å². The molecule has 0 aliphatic heterocycles. The molecule has 0 aliphatic rings. The van der Waals surface area contributed by atoms with Crippen molar-refractivity contribution in [2.24, 2.45) is 0 Å². The molecule has 4 aromatic heterocycles. The van der Waals surface area contributed by atoms with Crippen LogP contribution in [-0.2, 0) is 13.1 Å². The first-order valence-corrected chi connectivity index (χ1v) is 13.3. The van der Waals surface area contributed by atoms with Crippen molar-refractivity contribution in [1.82, 2.24) is 19.1 Å². The van der Waals surface area contributed by atoms with Crippen LogP contribution >= 0.6 is 31.9 Å². The van der Waals surface area contributed by atoms with Crippen LogP contribution in [0.25, 0.3) is 43.6 Å². The number of nitrogens with zero attached hydrogens (tertiary/aromatic N) is 4. The van der Waals surface area contributed by atoms with Crippen molar-refractivity contribution in [2.45, 2.75) is 38.8 Å². The third kappa shape index (κ3) is 3.64. The number of hydrogen-bond donors (Lipinski definition) is 0. The van der Waals surface area contributed by atoms with Crippen LogP contribution in [0.4, 0.5) is 0 Å². The Bertz CT molecular complexity index is 1650. The van der Waals surface area contributed by atoms with Gasteiger partial charge in [0.2, 0.25) is 0 Å². The predicted octanol–water partition coefficient (Wildman–Crippen LogP) is 8.48. The second kappa shape index (κ2) is 9.16. The molecule has 0 aliphatic carbocycles. The van der Waals surface area contributed by atoms with Gasteiger partial charge in [-0.15, -0.1) is 0 Å². The lowest BCUT2D eigenvalue weighted by Crippen LogP contribution is -2.00. The van der Waals surface area contributed by atoms with Gasteiger partial charge in [0.15, 0.2) is 0 Å². The van der Waals surface area contributed by atoms with Crippen LogP contribution in [0, 0.1) is 0 Å². The van der Waals surface area contributed by atoms with Gasteiger partial charge in [-0.2, -0.15) is 0 Å². The quantitative estimate of drug-likeness (QED) is 0.179. The molecule has 0 saturated carbocycles. The molecule has 0 N–H and O–H groups in total. The van der Waals surface area contributed by atoms with Gasteiger partial charge in [-0.25, -0.2) is 0 Å². The van der Waals surface area contributed by atoms with Crippen LogP contribution < -0.4 is 0 Å². The summed E-state index contributed by atoms with van der Waals surface area (Å²) in [6.45, 7) is 2.01. The maximum absolute atomic E-state index is 4.39. The lowest BCUT2D eigenvalue weighted by Gasteiger charge is -2.10. The first-order valence-electron chi connectivity index (χ1n) is 11.7. The molecule has 34 heavy (non-hydrogen) atoms. The minimum atomic E-state index is 1.00. The molecular weight excluding hydrogens is 552 g/mol. The number of fused-ring (bicyclic) bond motifs is 6. The van der Waals surface area contributed by atoms with Crippen molar-refractivity contribution in [3.8, 4) is 0 Å². The van der Waals surface area contributed by atoms with Crippen molar-refractivity contribution < 1.29 is 0 Å². The van der Waals surface area contributed by atoms with E-state index in [1.54, 1.807) is 0 Å². The Labute approximate surface area is 214 Å². The summed E-state index contributed by atoms with van der Waals surface area (Å²) in [5.41, 5.74) is 4.98. The van der Waals surface area contributed by atoms with E-state index in [0.717, 1.165) is 34.9 Å². The molecule has 0 atom stereocenters. The highest BCUT2D eigenvalue weighted by atomic mass is 79.9. The van der Waals surface area contributed by atoms with Crippen molar-refractivity contribution in [3.05, 3.63) is 82.3 Å². The molecule has 0 spiro atoms. The zero-order valence-electron chi connectivity index (χ0n) is 18.7. The minimum absolute atomic E-state index is 1.00. The summed E-state index contributed by atoms with van der Waals surface area (Å²) in [5, 5.41) is 5.11. The number of hydrogen-bond acceptors (Lipinski definition) is 2. The molecule has 6 heteroatoms. The highest BCUT2D eigenvalue weighted by Gasteiger charge is 2.14. The monoisotopic (exact) mass is 574 g/mol. The van der Waals surface area contributed by atoms with E-state index in [-0.39, 0.29) is 0 Å². The number of pyridine rings is 2. The molecule has 0 amide bonds. The third-order valence-corrected chi connectivity index (χ3v) is 8.09. The topological polar surface area (TPSA) is 35.6 Å². The molecule has 6 aromatic rings. The average molecular weight is 576 g/mol. The van der Waals surface area contributed by atoms with Gasteiger partial charge in [0, 0.05) is 56.0 Å². The molecule has 0 radical (unpaired) electrons. The van der Waals surface area contributed by atoms with Crippen LogP contribution in [0.3, 0.4) is 0 Å². The summed E-state index contributed by atoms with van der Waals surface area (Å²) in [5.74, 6) is 0. The molecule has 0 fully saturated rings. The van der Waals surface area contributed by atoms with Gasteiger partial charge < -0.3 is 9.13 Å². The van der Waals surface area contributed by atoms with Gasteiger partial charge in [0.05, 0.1) is 34.5 Å². The van der Waals surface area contributed by atoms with Gasteiger partial charge in [-0.1, -0.05) is 47.0 Å². The highest BCUT2D eigenvalue weighted by molar-refractivity contribution is 9.11. The fraction of sp³-hybridized carbons (Fsp3) is 0.214. The first-order chi connectivity index (χ1) is 16.7. The van der Waals surface area contributed by atoms with Crippen molar-refractivity contribution >= 4 is 75.5 Å². The largest absolute Gasteiger partial charge is 0.339 e. The number of unbranched alkanes of at least 4 members (excludes halogenated alkanes) is 3. The molecule has 4 heterocycles. The van der Waals surface area contributed by atoms with Gasteiger partial charge in [0.1, 0.15) is 0 Å². The summed E-state index contributed by atoms with van der Waals surface area (Å²) in [4.78, 5) is 8.79. The molecular formula is C28H24Br2N4. The Balaban J connectivity index is 1.16. The minimum Gasteiger partial charge on any atom is -0.339 e. The Kier molecular flexibility index (Phi) is 5.87. The SMILES string of the molecule is Brc1cccc2c1c1ccncc1n2CCCCCCn1c2cnccc2c2cccc(Br)c21. The maximum atomic E-state index is 4.39. The van der Waals surface area contributed by atoms with E-state index in [1.165, 1.54) is 56.5 Å². The summed E-state index contributed by atoms with van der Waals surface area (Å²) >= 11 is 7.52. The van der Waals surface area contributed by atoms with E-state index >= 15 is 0 Å². The van der Waals surface area contributed by atoms with Crippen LogP contribution in [0.1, 0.15) is 25.7 Å². The smallest absolute Gasteiger partial charge is 0.0678 e.